The van der Waals surface area contributed by atoms with E-state index in [1.54, 1.807) is 0 Å². The summed E-state index contributed by atoms with van der Waals surface area (Å²) in [5.41, 5.74) is 1.75. The summed E-state index contributed by atoms with van der Waals surface area (Å²) < 4.78 is 0. The van der Waals surface area contributed by atoms with Crippen LogP contribution in [0.5, 0.6) is 0 Å². The van der Waals surface area contributed by atoms with E-state index in [4.69, 9.17) is 11.3 Å². The Morgan fingerprint density at radius 2 is 2.05 bits per heavy atom. The molecule has 38 heavy (non-hydrogen) atoms. The molecule has 4 aliphatic rings. The van der Waals surface area contributed by atoms with Crippen LogP contribution in [0.25, 0.3) is 0 Å². The molecule has 1 aromatic rings. The maximum Gasteiger partial charge on any atom is 0.326 e. The first-order chi connectivity index (χ1) is 18.1. The number of terminal acetylenes is 1. The summed E-state index contributed by atoms with van der Waals surface area (Å²) in [5, 5.41) is 27.3. The number of aromatic nitrogens is 2. The van der Waals surface area contributed by atoms with E-state index in [0.717, 1.165) is 50.7 Å². The topological polar surface area (TPSA) is 137 Å². The van der Waals surface area contributed by atoms with E-state index in [2.05, 4.69) is 46.3 Å². The quantitative estimate of drug-likeness (QED) is 0.321. The van der Waals surface area contributed by atoms with Crippen molar-refractivity contribution in [3.63, 3.8) is 0 Å². The van der Waals surface area contributed by atoms with E-state index in [0.29, 0.717) is 29.9 Å². The van der Waals surface area contributed by atoms with Crippen molar-refractivity contribution in [2.45, 2.75) is 83.3 Å². The minimum Gasteiger partial charge on any atom is -0.480 e. The zero-order valence-electron chi connectivity index (χ0n) is 22.2. The van der Waals surface area contributed by atoms with E-state index >= 15 is 0 Å². The van der Waals surface area contributed by atoms with Crippen LogP contribution in [0.15, 0.2) is 29.3 Å². The third kappa shape index (κ3) is 4.43. The number of carboxylic acid groups (broad SMARTS) is 1. The average Bonchev–Trinajstić information content (AvgIpc) is 3.49. The number of carbonyl (C=O) groups excluding carboxylic acids is 1. The van der Waals surface area contributed by atoms with Crippen LogP contribution < -0.4 is 5.32 Å². The van der Waals surface area contributed by atoms with Crippen molar-refractivity contribution >= 4 is 17.6 Å². The maximum absolute atomic E-state index is 12.3. The third-order valence-electron chi connectivity index (χ3n) is 10.4. The molecule has 0 unspecified atom stereocenters. The van der Waals surface area contributed by atoms with Gasteiger partial charge in [0.25, 0.3) is 5.91 Å². The highest BCUT2D eigenvalue weighted by Crippen LogP contribution is 2.67. The standard InChI is InChI=1S/C29H38N4O5/c1-4-29(37)12-9-23-21-6-5-18-13-19(7-10-27(18,2)22(21)8-11-28(23,29)3)33-38-16-25(34)32-24(26(35)36)14-20-15-30-17-31-20/h1,13,15,17,21-24,37H,5-12,14,16H2,2-3H3,(H,30,31)(H,32,34)(H,35,36)/b33-19-/t21-,22+,23-,24-,27+,28+,29-/m1/s1. The van der Waals surface area contributed by atoms with Crippen LogP contribution in [0.4, 0.5) is 0 Å². The lowest BCUT2D eigenvalue weighted by Gasteiger charge is -2.58. The molecular formula is C29H38N4O5. The predicted molar refractivity (Wildman–Crippen MR) is 141 cm³/mol. The highest BCUT2D eigenvalue weighted by atomic mass is 16.6. The molecule has 0 radical (unpaired) electrons. The van der Waals surface area contributed by atoms with Gasteiger partial charge in [-0.3, -0.25) is 4.79 Å². The molecule has 3 saturated carbocycles. The van der Waals surface area contributed by atoms with Crippen molar-refractivity contribution in [2.24, 2.45) is 33.7 Å². The van der Waals surface area contributed by atoms with Crippen molar-refractivity contribution in [3.8, 4) is 12.3 Å². The summed E-state index contributed by atoms with van der Waals surface area (Å²) in [5.74, 6) is 2.68. The van der Waals surface area contributed by atoms with Gasteiger partial charge in [0.2, 0.25) is 0 Å². The van der Waals surface area contributed by atoms with Crippen LogP contribution in [0.1, 0.15) is 70.9 Å². The fourth-order valence-corrected chi connectivity index (χ4v) is 8.12. The molecule has 4 N–H and O–H groups in total. The van der Waals surface area contributed by atoms with Crippen LogP contribution in [0.2, 0.25) is 0 Å². The number of carboxylic acids is 1. The fraction of sp³-hybridized carbons (Fsp3) is 0.655. The second-order valence-electron chi connectivity index (χ2n) is 12.1. The molecule has 0 spiro atoms. The lowest BCUT2D eigenvalue weighted by Crippen LogP contribution is -2.54. The zero-order chi connectivity index (χ0) is 27.1. The first-order valence-corrected chi connectivity index (χ1v) is 13.7. The number of H-pyrrole nitrogens is 1. The number of rotatable bonds is 7. The highest BCUT2D eigenvalue weighted by molar-refractivity contribution is 5.96. The fourth-order valence-electron chi connectivity index (χ4n) is 8.12. The minimum absolute atomic E-state index is 0.0961. The molecule has 204 valence electrons. The van der Waals surface area contributed by atoms with Crippen molar-refractivity contribution in [3.05, 3.63) is 29.9 Å². The monoisotopic (exact) mass is 522 g/mol. The van der Waals surface area contributed by atoms with Gasteiger partial charge in [-0.1, -0.05) is 30.5 Å². The summed E-state index contributed by atoms with van der Waals surface area (Å²) in [4.78, 5) is 35.9. The Hall–Kier alpha value is -3.12. The number of aliphatic carboxylic acids is 1. The van der Waals surface area contributed by atoms with Gasteiger partial charge in [-0.05, 0) is 80.6 Å². The number of hydrogen-bond acceptors (Lipinski definition) is 6. The second kappa shape index (κ2) is 9.88. The lowest BCUT2D eigenvalue weighted by atomic mass is 9.46. The van der Waals surface area contributed by atoms with Gasteiger partial charge < -0.3 is 25.4 Å². The average molecular weight is 523 g/mol. The zero-order valence-corrected chi connectivity index (χ0v) is 22.2. The molecule has 4 aliphatic carbocycles. The molecule has 3 fully saturated rings. The van der Waals surface area contributed by atoms with Gasteiger partial charge in [0.1, 0.15) is 11.6 Å². The van der Waals surface area contributed by atoms with Gasteiger partial charge in [0.15, 0.2) is 6.61 Å². The van der Waals surface area contributed by atoms with E-state index in [1.807, 2.05) is 0 Å². The summed E-state index contributed by atoms with van der Waals surface area (Å²) in [6.07, 6.45) is 18.6. The molecule has 1 heterocycles. The van der Waals surface area contributed by atoms with Crippen molar-refractivity contribution in [2.75, 3.05) is 6.61 Å². The predicted octanol–water partition coefficient (Wildman–Crippen LogP) is 3.22. The largest absolute Gasteiger partial charge is 0.480 e. The number of nitrogens with zero attached hydrogens (tertiary/aromatic N) is 2. The van der Waals surface area contributed by atoms with Crippen LogP contribution >= 0.6 is 0 Å². The van der Waals surface area contributed by atoms with Crippen molar-refractivity contribution in [1.29, 1.82) is 0 Å². The van der Waals surface area contributed by atoms with Gasteiger partial charge in [-0.2, -0.15) is 0 Å². The van der Waals surface area contributed by atoms with Crippen LogP contribution in [0, 0.1) is 40.9 Å². The normalized spacial score (nSPS) is 37.7. The molecule has 9 nitrogen and oxygen atoms in total. The molecule has 0 saturated heterocycles. The number of amides is 1. The van der Waals surface area contributed by atoms with Crippen molar-refractivity contribution < 1.29 is 24.6 Å². The maximum atomic E-state index is 12.3. The summed E-state index contributed by atoms with van der Waals surface area (Å²) in [7, 11) is 0. The Bertz CT molecular complexity index is 1190. The number of oxime groups is 1. The van der Waals surface area contributed by atoms with Crippen LogP contribution in [-0.4, -0.2) is 56.0 Å². The van der Waals surface area contributed by atoms with Crippen LogP contribution in [0.3, 0.4) is 0 Å². The Labute approximate surface area is 223 Å². The van der Waals surface area contributed by atoms with E-state index in [-0.39, 0.29) is 23.9 Å². The highest BCUT2D eigenvalue weighted by Gasteiger charge is 2.63. The summed E-state index contributed by atoms with van der Waals surface area (Å²) in [6, 6.07) is -1.08. The number of aromatic amines is 1. The van der Waals surface area contributed by atoms with Gasteiger partial charge in [0, 0.05) is 23.7 Å². The molecule has 0 aromatic carbocycles. The van der Waals surface area contributed by atoms with Crippen molar-refractivity contribution in [1.82, 2.24) is 15.3 Å². The molecule has 9 heteroatoms. The minimum atomic E-state index is -1.13. The van der Waals surface area contributed by atoms with E-state index < -0.39 is 23.5 Å². The van der Waals surface area contributed by atoms with Gasteiger partial charge in [-0.25, -0.2) is 9.78 Å². The van der Waals surface area contributed by atoms with Crippen LogP contribution in [-0.2, 0) is 20.8 Å². The third-order valence-corrected chi connectivity index (χ3v) is 10.4. The van der Waals surface area contributed by atoms with E-state index in [9.17, 15) is 19.8 Å². The first-order valence-electron chi connectivity index (χ1n) is 13.7. The number of hydrogen-bond donors (Lipinski definition) is 4. The summed E-state index contributed by atoms with van der Waals surface area (Å²) in [6.45, 7) is 4.25. The number of carbonyl (C=O) groups is 2. The number of fused-ring (bicyclic) bond motifs is 5. The molecular weight excluding hydrogens is 484 g/mol. The smallest absolute Gasteiger partial charge is 0.326 e. The summed E-state index contributed by atoms with van der Waals surface area (Å²) >= 11 is 0. The molecule has 0 aliphatic heterocycles. The number of imidazole rings is 1. The second-order valence-corrected chi connectivity index (χ2v) is 12.1. The Balaban J connectivity index is 1.20. The molecule has 0 bridgehead atoms. The van der Waals surface area contributed by atoms with Gasteiger partial charge in [-0.15, -0.1) is 6.42 Å². The molecule has 7 atom stereocenters. The van der Waals surface area contributed by atoms with Gasteiger partial charge in [0.05, 0.1) is 12.0 Å². The Morgan fingerprint density at radius 1 is 1.26 bits per heavy atom. The SMILES string of the molecule is C#C[C@@]1(O)CC[C@@H]2[C@@H]3CCC4=C/C(=N\OCC(=O)N[C@H](Cc5cnc[nH]5)C(=O)O)CC[C@]4(C)[C@H]3CC[C@@]21C. The number of aliphatic hydroxyl groups is 1. The lowest BCUT2D eigenvalue weighted by molar-refractivity contribution is -0.142. The Morgan fingerprint density at radius 3 is 2.76 bits per heavy atom. The number of nitrogens with one attached hydrogen (secondary N) is 2. The first kappa shape index (κ1) is 26.5. The number of allylic oxidation sites excluding steroid dienone is 2. The van der Waals surface area contributed by atoms with Gasteiger partial charge >= 0.3 is 5.97 Å². The molecule has 1 aromatic heterocycles. The van der Waals surface area contributed by atoms with E-state index in [1.165, 1.54) is 18.1 Å². The molecule has 5 rings (SSSR count). The molecule has 1 amide bonds. The Kier molecular flexibility index (Phi) is 6.89.